The summed E-state index contributed by atoms with van der Waals surface area (Å²) in [6.07, 6.45) is 2.59. The van der Waals surface area contributed by atoms with Gasteiger partial charge >= 0.3 is 0 Å². The predicted molar refractivity (Wildman–Crippen MR) is 55.4 cm³/mol. The monoisotopic (exact) mass is 228 g/mol. The number of rotatable bonds is 4. The zero-order valence-corrected chi connectivity index (χ0v) is 9.00. The highest BCUT2D eigenvalue weighted by atomic mass is 35.5. The van der Waals surface area contributed by atoms with Gasteiger partial charge in [0.25, 0.3) is 0 Å². The fourth-order valence-corrected chi connectivity index (χ4v) is 1.97. The number of aromatic nitrogens is 4. The topological polar surface area (TPSA) is 43.6 Å². The van der Waals surface area contributed by atoms with Gasteiger partial charge in [-0.2, -0.15) is 0 Å². The summed E-state index contributed by atoms with van der Waals surface area (Å²) < 4.78 is 1.95. The molecule has 0 N–H and O–H groups in total. The van der Waals surface area contributed by atoms with Crippen LogP contribution in [0.5, 0.6) is 0 Å². The highest BCUT2D eigenvalue weighted by molar-refractivity contribution is 7.07. The molecule has 14 heavy (non-hydrogen) atoms. The molecule has 4 nitrogen and oxygen atoms in total. The number of halogens is 1. The Morgan fingerprint density at radius 1 is 1.50 bits per heavy atom. The summed E-state index contributed by atoms with van der Waals surface area (Å²) in [5, 5.41) is 9.75. The molecule has 0 spiro atoms. The van der Waals surface area contributed by atoms with E-state index in [0.29, 0.717) is 5.88 Å². The van der Waals surface area contributed by atoms with Crippen molar-refractivity contribution in [3.63, 3.8) is 0 Å². The summed E-state index contributed by atoms with van der Waals surface area (Å²) in [5.74, 6) is 1.21. The van der Waals surface area contributed by atoms with Gasteiger partial charge in [-0.15, -0.1) is 33.1 Å². The summed E-state index contributed by atoms with van der Waals surface area (Å²) in [5.41, 5.74) is 2.94. The van der Waals surface area contributed by atoms with Crippen LogP contribution in [0, 0.1) is 0 Å². The summed E-state index contributed by atoms with van der Waals surface area (Å²) in [4.78, 5) is 4.20. The van der Waals surface area contributed by atoms with Crippen molar-refractivity contribution in [3.8, 4) is 0 Å². The van der Waals surface area contributed by atoms with Crippen LogP contribution >= 0.6 is 22.9 Å². The third-order valence-corrected chi connectivity index (χ3v) is 2.78. The maximum atomic E-state index is 5.70. The minimum atomic E-state index is 0.400. The third kappa shape index (κ3) is 2.10. The Balaban J connectivity index is 1.98. The molecule has 0 unspecified atom stereocenters. The molecule has 0 atom stereocenters. The molecule has 0 saturated carbocycles. The van der Waals surface area contributed by atoms with Crippen LogP contribution in [0.4, 0.5) is 0 Å². The van der Waals surface area contributed by atoms with Crippen LogP contribution in [-0.4, -0.2) is 19.7 Å². The van der Waals surface area contributed by atoms with Crippen molar-refractivity contribution in [3.05, 3.63) is 28.7 Å². The standard InChI is InChI=1S/C8H9ClN4S/c9-3-8-12-11-5-13(8)2-1-7-4-14-6-10-7/h4-6H,1-3H2. The molecule has 0 amide bonds. The lowest BCUT2D eigenvalue weighted by molar-refractivity contribution is 0.661. The Morgan fingerprint density at radius 2 is 2.43 bits per heavy atom. The van der Waals surface area contributed by atoms with Crippen LogP contribution in [0.25, 0.3) is 0 Å². The summed E-state index contributed by atoms with van der Waals surface area (Å²) in [7, 11) is 0. The van der Waals surface area contributed by atoms with E-state index in [4.69, 9.17) is 11.6 Å². The lowest BCUT2D eigenvalue weighted by Gasteiger charge is -2.01. The number of aryl methyl sites for hydroxylation is 2. The van der Waals surface area contributed by atoms with E-state index in [2.05, 4.69) is 15.2 Å². The smallest absolute Gasteiger partial charge is 0.147 e. The van der Waals surface area contributed by atoms with Crippen molar-refractivity contribution in [2.45, 2.75) is 18.8 Å². The molecule has 0 aliphatic heterocycles. The quantitative estimate of drug-likeness (QED) is 0.749. The van der Waals surface area contributed by atoms with Crippen LogP contribution < -0.4 is 0 Å². The molecular formula is C8H9ClN4S. The van der Waals surface area contributed by atoms with Gasteiger partial charge in [-0.05, 0) is 0 Å². The van der Waals surface area contributed by atoms with Crippen LogP contribution in [0.1, 0.15) is 11.5 Å². The van der Waals surface area contributed by atoms with Gasteiger partial charge in [-0.25, -0.2) is 4.98 Å². The molecule has 0 aromatic carbocycles. The molecule has 0 radical (unpaired) electrons. The van der Waals surface area contributed by atoms with E-state index >= 15 is 0 Å². The summed E-state index contributed by atoms with van der Waals surface area (Å²) in [6, 6.07) is 0. The number of hydrogen-bond donors (Lipinski definition) is 0. The van der Waals surface area contributed by atoms with Gasteiger partial charge < -0.3 is 4.57 Å². The third-order valence-electron chi connectivity index (χ3n) is 1.91. The van der Waals surface area contributed by atoms with E-state index in [-0.39, 0.29) is 0 Å². The first-order valence-electron chi connectivity index (χ1n) is 4.20. The first kappa shape index (κ1) is 9.61. The van der Waals surface area contributed by atoms with E-state index in [1.54, 1.807) is 17.7 Å². The van der Waals surface area contributed by atoms with Gasteiger partial charge in [-0.1, -0.05) is 0 Å². The molecule has 0 fully saturated rings. The summed E-state index contributed by atoms with van der Waals surface area (Å²) >= 11 is 7.31. The Hall–Kier alpha value is -0.940. The van der Waals surface area contributed by atoms with Crippen molar-refractivity contribution < 1.29 is 0 Å². The Morgan fingerprint density at radius 3 is 3.14 bits per heavy atom. The second kappa shape index (κ2) is 4.52. The van der Waals surface area contributed by atoms with Gasteiger partial charge in [-0.3, -0.25) is 0 Å². The molecule has 6 heteroatoms. The minimum absolute atomic E-state index is 0.400. The average Bonchev–Trinajstić information content (AvgIpc) is 2.85. The first-order chi connectivity index (χ1) is 6.90. The maximum absolute atomic E-state index is 5.70. The molecule has 2 aromatic heterocycles. The molecule has 2 heterocycles. The van der Waals surface area contributed by atoms with Crippen LogP contribution in [0.2, 0.25) is 0 Å². The molecule has 0 aliphatic rings. The molecular weight excluding hydrogens is 220 g/mol. The van der Waals surface area contributed by atoms with E-state index in [0.717, 1.165) is 24.5 Å². The zero-order valence-electron chi connectivity index (χ0n) is 7.43. The molecule has 0 bridgehead atoms. The number of hydrogen-bond acceptors (Lipinski definition) is 4. The van der Waals surface area contributed by atoms with E-state index in [1.807, 2.05) is 15.5 Å². The van der Waals surface area contributed by atoms with Crippen molar-refractivity contribution in [2.75, 3.05) is 0 Å². The Bertz CT molecular complexity index is 384. The van der Waals surface area contributed by atoms with Crippen LogP contribution in [-0.2, 0) is 18.8 Å². The normalized spacial score (nSPS) is 10.6. The van der Waals surface area contributed by atoms with Gasteiger partial charge in [0, 0.05) is 18.3 Å². The summed E-state index contributed by atoms with van der Waals surface area (Å²) in [6.45, 7) is 0.832. The number of thiazole rings is 1. The van der Waals surface area contributed by atoms with Gasteiger partial charge in [0.15, 0.2) is 0 Å². The van der Waals surface area contributed by atoms with Gasteiger partial charge in [0.1, 0.15) is 12.2 Å². The fourth-order valence-electron chi connectivity index (χ4n) is 1.17. The maximum Gasteiger partial charge on any atom is 0.147 e. The fraction of sp³-hybridized carbons (Fsp3) is 0.375. The van der Waals surface area contributed by atoms with Crippen LogP contribution in [0.3, 0.4) is 0 Å². The molecule has 0 aliphatic carbocycles. The second-order valence-electron chi connectivity index (χ2n) is 2.80. The van der Waals surface area contributed by atoms with Crippen molar-refractivity contribution in [1.29, 1.82) is 0 Å². The Labute approximate surface area is 90.6 Å². The minimum Gasteiger partial charge on any atom is -0.316 e. The molecule has 0 saturated heterocycles. The second-order valence-corrected chi connectivity index (χ2v) is 3.79. The highest BCUT2D eigenvalue weighted by Gasteiger charge is 2.02. The largest absolute Gasteiger partial charge is 0.316 e. The van der Waals surface area contributed by atoms with E-state index in [1.165, 1.54) is 0 Å². The lowest BCUT2D eigenvalue weighted by atomic mass is 10.3. The van der Waals surface area contributed by atoms with E-state index in [9.17, 15) is 0 Å². The van der Waals surface area contributed by atoms with Crippen molar-refractivity contribution >= 4 is 22.9 Å². The van der Waals surface area contributed by atoms with Crippen molar-refractivity contribution in [2.24, 2.45) is 0 Å². The van der Waals surface area contributed by atoms with E-state index < -0.39 is 0 Å². The molecule has 74 valence electrons. The van der Waals surface area contributed by atoms with Gasteiger partial charge in [0.05, 0.1) is 17.1 Å². The van der Waals surface area contributed by atoms with Gasteiger partial charge in [0.2, 0.25) is 0 Å². The first-order valence-corrected chi connectivity index (χ1v) is 5.67. The molecule has 2 rings (SSSR count). The predicted octanol–water partition coefficient (Wildman–Crippen LogP) is 1.72. The lowest BCUT2D eigenvalue weighted by Crippen LogP contribution is -2.04. The van der Waals surface area contributed by atoms with Crippen molar-refractivity contribution in [1.82, 2.24) is 19.7 Å². The average molecular weight is 229 g/mol. The SMILES string of the molecule is ClCc1nncn1CCc1cscn1. The zero-order chi connectivity index (χ0) is 9.80. The number of alkyl halides is 1. The number of nitrogens with zero attached hydrogens (tertiary/aromatic N) is 4. The molecule has 2 aromatic rings. The highest BCUT2D eigenvalue weighted by Crippen LogP contribution is 2.05. The Kier molecular flexibility index (Phi) is 3.10. The van der Waals surface area contributed by atoms with Crippen LogP contribution in [0.15, 0.2) is 17.2 Å².